The molecule has 0 saturated carbocycles. The van der Waals surface area contributed by atoms with Crippen LogP contribution in [0.1, 0.15) is 12.6 Å². The van der Waals surface area contributed by atoms with E-state index in [1.165, 1.54) is 0 Å². The van der Waals surface area contributed by atoms with Gasteiger partial charge in [-0.3, -0.25) is 9.89 Å². The van der Waals surface area contributed by atoms with Crippen molar-refractivity contribution in [2.75, 3.05) is 11.1 Å². The van der Waals surface area contributed by atoms with E-state index >= 15 is 0 Å². The number of aryl methyl sites for hydroxylation is 1. The Morgan fingerprint density at radius 2 is 2.21 bits per heavy atom. The summed E-state index contributed by atoms with van der Waals surface area (Å²) in [5.74, 6) is 0.950. The molecule has 0 aliphatic carbocycles. The molecule has 1 aromatic heterocycles. The summed E-state index contributed by atoms with van der Waals surface area (Å²) in [7, 11) is 0. The Hall–Kier alpha value is -2.50. The number of ether oxygens (including phenoxy) is 1. The minimum Gasteiger partial charge on any atom is -0.479 e. The van der Waals surface area contributed by atoms with Crippen molar-refractivity contribution in [1.82, 2.24) is 10.2 Å². The lowest BCUT2D eigenvalue weighted by Crippen LogP contribution is -2.34. The highest BCUT2D eigenvalue weighted by molar-refractivity contribution is 5.98. The largest absolute Gasteiger partial charge is 0.479 e. The molecule has 0 saturated heterocycles. The van der Waals surface area contributed by atoms with Gasteiger partial charge in [-0.25, -0.2) is 0 Å². The number of hydrogen-bond donors (Lipinski definition) is 3. The van der Waals surface area contributed by atoms with Gasteiger partial charge in [0.05, 0.1) is 5.69 Å². The molecule has 1 aliphatic rings. The molecule has 1 atom stereocenters. The quantitative estimate of drug-likeness (QED) is 0.725. The van der Waals surface area contributed by atoms with Crippen LogP contribution in [0.5, 0.6) is 5.75 Å². The van der Waals surface area contributed by atoms with E-state index in [1.807, 2.05) is 25.1 Å². The number of rotatable bonds is 1. The van der Waals surface area contributed by atoms with Crippen LogP contribution in [0.3, 0.4) is 0 Å². The van der Waals surface area contributed by atoms with Gasteiger partial charge >= 0.3 is 0 Å². The third kappa shape index (κ3) is 1.81. The molecule has 6 heteroatoms. The fourth-order valence-electron chi connectivity index (χ4n) is 2.18. The molecule has 1 amide bonds. The van der Waals surface area contributed by atoms with Gasteiger partial charge in [0, 0.05) is 11.3 Å². The normalized spacial score (nSPS) is 17.6. The lowest BCUT2D eigenvalue weighted by molar-refractivity contribution is -0.122. The zero-order chi connectivity index (χ0) is 13.6. The SMILES string of the molecule is Cc1[nH]nc(N)c1-c1ccc2c(c1)NC(=O)C(C)O2. The number of carbonyl (C=O) groups is 1. The number of fused-ring (bicyclic) bond motifs is 1. The molecule has 98 valence electrons. The molecule has 1 unspecified atom stereocenters. The molecule has 0 spiro atoms. The Morgan fingerprint density at radius 3 is 2.89 bits per heavy atom. The van der Waals surface area contributed by atoms with E-state index in [4.69, 9.17) is 10.5 Å². The summed E-state index contributed by atoms with van der Waals surface area (Å²) in [5, 5.41) is 9.62. The van der Waals surface area contributed by atoms with Crippen molar-refractivity contribution in [2.24, 2.45) is 0 Å². The first-order valence-electron chi connectivity index (χ1n) is 5.98. The molecular formula is C13H14N4O2. The van der Waals surface area contributed by atoms with E-state index in [2.05, 4.69) is 15.5 Å². The van der Waals surface area contributed by atoms with Crippen LogP contribution in [0.15, 0.2) is 18.2 Å². The molecule has 1 aromatic carbocycles. The number of anilines is 2. The molecule has 19 heavy (non-hydrogen) atoms. The van der Waals surface area contributed by atoms with Crippen molar-refractivity contribution in [3.63, 3.8) is 0 Å². The van der Waals surface area contributed by atoms with E-state index in [9.17, 15) is 4.79 Å². The Morgan fingerprint density at radius 1 is 1.42 bits per heavy atom. The molecule has 4 N–H and O–H groups in total. The topological polar surface area (TPSA) is 93.0 Å². The number of nitrogens with one attached hydrogen (secondary N) is 2. The van der Waals surface area contributed by atoms with Crippen molar-refractivity contribution in [2.45, 2.75) is 20.0 Å². The highest BCUT2D eigenvalue weighted by atomic mass is 16.5. The second-order valence-electron chi connectivity index (χ2n) is 4.57. The predicted octanol–water partition coefficient (Wildman–Crippen LogP) is 1.69. The van der Waals surface area contributed by atoms with Crippen molar-refractivity contribution in [3.05, 3.63) is 23.9 Å². The third-order valence-electron chi connectivity index (χ3n) is 3.17. The van der Waals surface area contributed by atoms with E-state index in [1.54, 1.807) is 6.92 Å². The van der Waals surface area contributed by atoms with Gasteiger partial charge in [0.15, 0.2) is 11.9 Å². The summed E-state index contributed by atoms with van der Waals surface area (Å²) in [4.78, 5) is 11.6. The third-order valence-corrected chi connectivity index (χ3v) is 3.17. The molecule has 3 rings (SSSR count). The first-order chi connectivity index (χ1) is 9.06. The highest BCUT2D eigenvalue weighted by Crippen LogP contribution is 2.36. The van der Waals surface area contributed by atoms with Crippen molar-refractivity contribution in [1.29, 1.82) is 0 Å². The lowest BCUT2D eigenvalue weighted by Gasteiger charge is -2.23. The van der Waals surface area contributed by atoms with Gasteiger partial charge < -0.3 is 15.8 Å². The number of nitrogens with zero attached hydrogens (tertiary/aromatic N) is 1. The second kappa shape index (κ2) is 4.01. The van der Waals surface area contributed by atoms with Crippen LogP contribution < -0.4 is 15.8 Å². The number of aromatic amines is 1. The zero-order valence-corrected chi connectivity index (χ0v) is 10.7. The molecule has 2 heterocycles. The molecule has 0 fully saturated rings. The van der Waals surface area contributed by atoms with Crippen LogP contribution in [0.25, 0.3) is 11.1 Å². The van der Waals surface area contributed by atoms with E-state index < -0.39 is 6.10 Å². The zero-order valence-electron chi connectivity index (χ0n) is 10.7. The average Bonchev–Trinajstić information content (AvgIpc) is 2.70. The fraction of sp³-hybridized carbons (Fsp3) is 0.231. The Kier molecular flexibility index (Phi) is 2.45. The molecule has 0 bridgehead atoms. The number of nitrogen functional groups attached to an aromatic ring is 1. The standard InChI is InChI=1S/C13H14N4O2/c1-6-11(12(14)17-16-6)8-3-4-10-9(5-8)15-13(18)7(2)19-10/h3-5,7H,1-2H3,(H,15,18)(H3,14,16,17). The van der Waals surface area contributed by atoms with Crippen LogP contribution in [-0.2, 0) is 4.79 Å². The van der Waals surface area contributed by atoms with Crippen LogP contribution in [0, 0.1) is 6.92 Å². The number of aromatic nitrogens is 2. The second-order valence-corrected chi connectivity index (χ2v) is 4.57. The molecule has 2 aromatic rings. The summed E-state index contributed by atoms with van der Waals surface area (Å²) >= 11 is 0. The van der Waals surface area contributed by atoms with E-state index in [-0.39, 0.29) is 5.91 Å². The van der Waals surface area contributed by atoms with Crippen molar-refractivity contribution < 1.29 is 9.53 Å². The van der Waals surface area contributed by atoms with Gasteiger partial charge in [0.25, 0.3) is 5.91 Å². The van der Waals surface area contributed by atoms with Gasteiger partial charge in [0.2, 0.25) is 0 Å². The molecule has 1 aliphatic heterocycles. The Labute approximate surface area is 110 Å². The summed E-state index contributed by atoms with van der Waals surface area (Å²) in [6.45, 7) is 3.61. The summed E-state index contributed by atoms with van der Waals surface area (Å²) in [6, 6.07) is 5.57. The van der Waals surface area contributed by atoms with Crippen LogP contribution in [0.4, 0.5) is 11.5 Å². The summed E-state index contributed by atoms with van der Waals surface area (Å²) < 4.78 is 5.51. The maximum Gasteiger partial charge on any atom is 0.265 e. The van der Waals surface area contributed by atoms with E-state index in [0.29, 0.717) is 17.3 Å². The van der Waals surface area contributed by atoms with Crippen LogP contribution in [-0.4, -0.2) is 22.2 Å². The molecular weight excluding hydrogens is 244 g/mol. The Balaban J connectivity index is 2.08. The van der Waals surface area contributed by atoms with Crippen LogP contribution in [0.2, 0.25) is 0 Å². The fourth-order valence-corrected chi connectivity index (χ4v) is 2.18. The maximum atomic E-state index is 11.6. The lowest BCUT2D eigenvalue weighted by atomic mass is 10.0. The van der Waals surface area contributed by atoms with Crippen molar-refractivity contribution >= 4 is 17.4 Å². The van der Waals surface area contributed by atoms with Gasteiger partial charge in [-0.1, -0.05) is 6.07 Å². The maximum absolute atomic E-state index is 11.6. The highest BCUT2D eigenvalue weighted by Gasteiger charge is 2.24. The average molecular weight is 258 g/mol. The molecule has 0 radical (unpaired) electrons. The van der Waals surface area contributed by atoms with Gasteiger partial charge in [-0.2, -0.15) is 5.10 Å². The van der Waals surface area contributed by atoms with Gasteiger partial charge in [0.1, 0.15) is 5.75 Å². The first-order valence-corrected chi connectivity index (χ1v) is 5.98. The number of nitrogens with two attached hydrogens (primary N) is 1. The summed E-state index contributed by atoms with van der Waals surface area (Å²) in [6.07, 6.45) is -0.473. The molecule has 6 nitrogen and oxygen atoms in total. The van der Waals surface area contributed by atoms with Gasteiger partial charge in [-0.05, 0) is 31.5 Å². The number of H-pyrrole nitrogens is 1. The monoisotopic (exact) mass is 258 g/mol. The minimum absolute atomic E-state index is 0.151. The van der Waals surface area contributed by atoms with Gasteiger partial charge in [-0.15, -0.1) is 0 Å². The Bertz CT molecular complexity index is 643. The van der Waals surface area contributed by atoms with E-state index in [0.717, 1.165) is 16.8 Å². The predicted molar refractivity (Wildman–Crippen MR) is 71.9 cm³/mol. The first kappa shape index (κ1) is 11.6. The van der Waals surface area contributed by atoms with Crippen molar-refractivity contribution in [3.8, 4) is 16.9 Å². The minimum atomic E-state index is -0.473. The van der Waals surface area contributed by atoms with Crippen LogP contribution >= 0.6 is 0 Å². The summed E-state index contributed by atoms with van der Waals surface area (Å²) in [5.41, 5.74) is 9.11. The number of hydrogen-bond acceptors (Lipinski definition) is 4. The smallest absolute Gasteiger partial charge is 0.265 e. The number of amides is 1. The number of carbonyl (C=O) groups excluding carboxylic acids is 1. The number of benzene rings is 1.